The van der Waals surface area contributed by atoms with Gasteiger partial charge in [-0.25, -0.2) is 4.90 Å². The number of benzene rings is 3. The Labute approximate surface area is 178 Å². The molecule has 2 atom stereocenters. The van der Waals surface area contributed by atoms with E-state index in [4.69, 9.17) is 11.6 Å². The Bertz CT molecular complexity index is 1190. The molecule has 4 aliphatic rings. The van der Waals surface area contributed by atoms with Gasteiger partial charge in [0.2, 0.25) is 11.8 Å². The van der Waals surface area contributed by atoms with Crippen molar-refractivity contribution in [1.29, 1.82) is 5.26 Å². The van der Waals surface area contributed by atoms with Gasteiger partial charge in [0.05, 0.1) is 23.1 Å². The highest BCUT2D eigenvalue weighted by Gasteiger charge is 2.61. The summed E-state index contributed by atoms with van der Waals surface area (Å²) in [6.07, 6.45) is 0. The molecule has 0 radical (unpaired) electrons. The predicted molar refractivity (Wildman–Crippen MR) is 112 cm³/mol. The molecule has 1 aliphatic heterocycles. The number of imide groups is 1. The molecular formula is C25H15ClN2O2. The van der Waals surface area contributed by atoms with Crippen molar-refractivity contribution in [3.05, 3.63) is 99.6 Å². The molecular weight excluding hydrogens is 396 g/mol. The molecule has 4 nitrogen and oxygen atoms in total. The second-order valence-electron chi connectivity index (χ2n) is 8.05. The summed E-state index contributed by atoms with van der Waals surface area (Å²) in [5.41, 5.74) is 5.03. The van der Waals surface area contributed by atoms with E-state index >= 15 is 0 Å². The summed E-state index contributed by atoms with van der Waals surface area (Å²) in [6.45, 7) is 0. The van der Waals surface area contributed by atoms with Gasteiger partial charge in [0, 0.05) is 16.9 Å². The summed E-state index contributed by atoms with van der Waals surface area (Å²) < 4.78 is 0. The molecule has 0 N–H and O–H groups in total. The molecule has 3 aliphatic carbocycles. The van der Waals surface area contributed by atoms with Gasteiger partial charge in [0.1, 0.15) is 6.07 Å². The van der Waals surface area contributed by atoms with Gasteiger partial charge in [-0.3, -0.25) is 9.59 Å². The number of carbonyl (C=O) groups is 2. The number of carbonyl (C=O) groups excluding carboxylic acids is 2. The smallest absolute Gasteiger partial charge is 0.238 e. The lowest BCUT2D eigenvalue weighted by Crippen LogP contribution is -2.41. The number of rotatable bonds is 1. The zero-order valence-corrected chi connectivity index (χ0v) is 16.5. The summed E-state index contributed by atoms with van der Waals surface area (Å²) in [7, 11) is 0. The number of amides is 2. The quantitative estimate of drug-likeness (QED) is 0.550. The number of hydrogen-bond donors (Lipinski definition) is 0. The van der Waals surface area contributed by atoms with Crippen molar-refractivity contribution in [1.82, 2.24) is 0 Å². The number of anilines is 1. The van der Waals surface area contributed by atoms with E-state index in [2.05, 4.69) is 30.3 Å². The van der Waals surface area contributed by atoms with Crippen LogP contribution in [0.2, 0.25) is 5.02 Å². The number of hydrogen-bond acceptors (Lipinski definition) is 3. The van der Waals surface area contributed by atoms with Crippen LogP contribution in [0.3, 0.4) is 0 Å². The normalized spacial score (nSPS) is 25.5. The van der Waals surface area contributed by atoms with Crippen molar-refractivity contribution in [3.8, 4) is 6.07 Å². The molecule has 30 heavy (non-hydrogen) atoms. The Balaban J connectivity index is 1.59. The molecule has 0 saturated carbocycles. The largest absolute Gasteiger partial charge is 0.274 e. The SMILES string of the molecule is N#Cc1ccc(Cl)cc1N1C(=O)[C@@H]2C3c4ccccc4C(c4ccccc43)[C@H]2C1=O. The van der Waals surface area contributed by atoms with Crippen molar-refractivity contribution < 1.29 is 9.59 Å². The second-order valence-corrected chi connectivity index (χ2v) is 8.49. The predicted octanol–water partition coefficient (Wildman–Crippen LogP) is 4.61. The molecule has 1 heterocycles. The maximum absolute atomic E-state index is 13.7. The van der Waals surface area contributed by atoms with E-state index < -0.39 is 11.8 Å². The fourth-order valence-electron chi connectivity index (χ4n) is 5.70. The molecule has 0 spiro atoms. The lowest BCUT2D eigenvalue weighted by Gasteiger charge is -2.45. The van der Waals surface area contributed by atoms with Gasteiger partial charge in [-0.1, -0.05) is 60.1 Å². The molecule has 1 saturated heterocycles. The van der Waals surface area contributed by atoms with E-state index in [-0.39, 0.29) is 34.9 Å². The third kappa shape index (κ3) is 2.05. The summed E-state index contributed by atoms with van der Waals surface area (Å²) >= 11 is 6.16. The Morgan fingerprint density at radius 1 is 0.767 bits per heavy atom. The van der Waals surface area contributed by atoms with Gasteiger partial charge >= 0.3 is 0 Å². The molecule has 2 amide bonds. The third-order valence-electron chi connectivity index (χ3n) is 6.77. The first-order valence-electron chi connectivity index (χ1n) is 9.87. The van der Waals surface area contributed by atoms with Crippen LogP contribution >= 0.6 is 11.6 Å². The van der Waals surface area contributed by atoms with Crippen LogP contribution in [-0.4, -0.2) is 11.8 Å². The van der Waals surface area contributed by atoms with Crippen LogP contribution in [0, 0.1) is 23.2 Å². The maximum atomic E-state index is 13.7. The van der Waals surface area contributed by atoms with Crippen LogP contribution in [0.1, 0.15) is 39.7 Å². The van der Waals surface area contributed by atoms with Crippen LogP contribution in [0.5, 0.6) is 0 Å². The highest BCUT2D eigenvalue weighted by molar-refractivity contribution is 6.31. The molecule has 5 heteroatoms. The van der Waals surface area contributed by atoms with Crippen LogP contribution < -0.4 is 4.90 Å². The minimum absolute atomic E-state index is 0.168. The minimum atomic E-state index is -0.474. The molecule has 0 aromatic heterocycles. The van der Waals surface area contributed by atoms with Gasteiger partial charge in [0.15, 0.2) is 0 Å². The fourth-order valence-corrected chi connectivity index (χ4v) is 5.87. The van der Waals surface area contributed by atoms with Gasteiger partial charge in [-0.15, -0.1) is 0 Å². The van der Waals surface area contributed by atoms with Gasteiger partial charge in [0.25, 0.3) is 0 Å². The number of nitriles is 1. The summed E-state index contributed by atoms with van der Waals surface area (Å²) in [5.74, 6) is -1.78. The first kappa shape index (κ1) is 17.4. The standard InChI is InChI=1S/C25H15ClN2O2/c26-14-10-9-13(12-27)19(11-14)28-24(29)22-20-15-5-1-2-6-16(15)21(23(22)25(28)30)18-8-4-3-7-17(18)20/h1-11,20-23H/t20?,21?,22-,23-/m1/s1. The van der Waals surface area contributed by atoms with Crippen LogP contribution in [0.15, 0.2) is 66.7 Å². The van der Waals surface area contributed by atoms with Crippen LogP contribution in [-0.2, 0) is 9.59 Å². The second kappa shape index (κ2) is 6.04. The van der Waals surface area contributed by atoms with Crippen molar-refractivity contribution in [2.45, 2.75) is 11.8 Å². The van der Waals surface area contributed by atoms with E-state index in [1.54, 1.807) is 12.1 Å². The van der Waals surface area contributed by atoms with E-state index in [1.165, 1.54) is 11.0 Å². The maximum Gasteiger partial charge on any atom is 0.238 e. The van der Waals surface area contributed by atoms with Crippen molar-refractivity contribution in [2.75, 3.05) is 4.90 Å². The fraction of sp³-hybridized carbons (Fsp3) is 0.160. The van der Waals surface area contributed by atoms with Crippen molar-refractivity contribution >= 4 is 29.1 Å². The van der Waals surface area contributed by atoms with Crippen LogP contribution in [0.4, 0.5) is 5.69 Å². The Morgan fingerprint density at radius 2 is 1.23 bits per heavy atom. The van der Waals surface area contributed by atoms with Crippen molar-refractivity contribution in [3.63, 3.8) is 0 Å². The van der Waals surface area contributed by atoms with E-state index in [0.29, 0.717) is 5.02 Å². The van der Waals surface area contributed by atoms with E-state index in [1.807, 2.05) is 24.3 Å². The lowest BCUT2D eigenvalue weighted by atomic mass is 9.55. The lowest BCUT2D eigenvalue weighted by molar-refractivity contribution is -0.122. The Morgan fingerprint density at radius 3 is 1.67 bits per heavy atom. The molecule has 3 aromatic rings. The highest BCUT2D eigenvalue weighted by atomic mass is 35.5. The first-order valence-corrected chi connectivity index (χ1v) is 10.2. The third-order valence-corrected chi connectivity index (χ3v) is 7.00. The molecule has 144 valence electrons. The summed E-state index contributed by atoms with van der Waals surface area (Å²) in [4.78, 5) is 28.6. The molecule has 3 aromatic carbocycles. The molecule has 0 unspecified atom stereocenters. The van der Waals surface area contributed by atoms with Crippen molar-refractivity contribution in [2.24, 2.45) is 11.8 Å². The van der Waals surface area contributed by atoms with Crippen LogP contribution in [0.25, 0.3) is 0 Å². The Kier molecular flexibility index (Phi) is 3.51. The number of nitrogens with zero attached hydrogens (tertiary/aromatic N) is 2. The molecule has 1 fully saturated rings. The van der Waals surface area contributed by atoms with E-state index in [9.17, 15) is 14.9 Å². The zero-order chi connectivity index (χ0) is 20.6. The average Bonchev–Trinajstić information content (AvgIpc) is 3.04. The van der Waals surface area contributed by atoms with Gasteiger partial charge in [-0.2, -0.15) is 5.26 Å². The van der Waals surface area contributed by atoms with Gasteiger partial charge in [-0.05, 0) is 40.5 Å². The molecule has 7 rings (SSSR count). The summed E-state index contributed by atoms with van der Waals surface area (Å²) in [6, 6.07) is 23.0. The average molecular weight is 411 g/mol. The van der Waals surface area contributed by atoms with Gasteiger partial charge < -0.3 is 0 Å². The molecule has 2 bridgehead atoms. The van der Waals surface area contributed by atoms with E-state index in [0.717, 1.165) is 22.3 Å². The highest BCUT2D eigenvalue weighted by Crippen LogP contribution is 2.61. The number of halogens is 1. The Hall–Kier alpha value is -3.42. The summed E-state index contributed by atoms with van der Waals surface area (Å²) in [5, 5.41) is 9.94. The minimum Gasteiger partial charge on any atom is -0.274 e. The monoisotopic (exact) mass is 410 g/mol. The first-order chi connectivity index (χ1) is 14.6. The topological polar surface area (TPSA) is 61.2 Å². The zero-order valence-electron chi connectivity index (χ0n) is 15.7.